The summed E-state index contributed by atoms with van der Waals surface area (Å²) in [5.74, 6) is 1.16. The molecule has 0 radical (unpaired) electrons. The Morgan fingerprint density at radius 1 is 1.41 bits per heavy atom. The van der Waals surface area contributed by atoms with E-state index in [9.17, 15) is 4.79 Å². The number of rotatable bonds is 3. The molecule has 2 aliphatic rings. The molecule has 4 heteroatoms. The highest BCUT2D eigenvalue weighted by Gasteiger charge is 2.33. The summed E-state index contributed by atoms with van der Waals surface area (Å²) in [5.41, 5.74) is 6.11. The molecule has 0 saturated carbocycles. The van der Waals surface area contributed by atoms with Crippen LogP contribution in [-0.4, -0.2) is 43.2 Å². The van der Waals surface area contributed by atoms with E-state index in [0.717, 1.165) is 52.0 Å². The number of likely N-dealkylation sites (tertiary alicyclic amines) is 1. The summed E-state index contributed by atoms with van der Waals surface area (Å²) in [6.45, 7) is 5.50. The zero-order valence-corrected chi connectivity index (χ0v) is 10.7. The van der Waals surface area contributed by atoms with Crippen molar-refractivity contribution in [1.29, 1.82) is 0 Å². The highest BCUT2D eigenvalue weighted by molar-refractivity contribution is 5.82. The minimum Gasteiger partial charge on any atom is -0.381 e. The Balaban J connectivity index is 1.86. The lowest BCUT2D eigenvalue weighted by molar-refractivity contribution is -0.133. The van der Waals surface area contributed by atoms with Gasteiger partial charge in [0.1, 0.15) is 0 Å². The van der Waals surface area contributed by atoms with E-state index >= 15 is 0 Å². The zero-order chi connectivity index (χ0) is 12.3. The van der Waals surface area contributed by atoms with Crippen molar-refractivity contribution in [2.75, 3.05) is 26.3 Å². The first-order chi connectivity index (χ1) is 8.22. The predicted octanol–water partition coefficient (Wildman–Crippen LogP) is 0.999. The molecule has 98 valence electrons. The van der Waals surface area contributed by atoms with Crippen LogP contribution in [0.5, 0.6) is 0 Å². The van der Waals surface area contributed by atoms with Gasteiger partial charge in [0.25, 0.3) is 0 Å². The summed E-state index contributed by atoms with van der Waals surface area (Å²) >= 11 is 0. The van der Waals surface area contributed by atoms with Crippen LogP contribution in [0.4, 0.5) is 0 Å². The van der Waals surface area contributed by atoms with Crippen LogP contribution in [0.3, 0.4) is 0 Å². The summed E-state index contributed by atoms with van der Waals surface area (Å²) < 4.78 is 5.31. The van der Waals surface area contributed by atoms with Crippen LogP contribution in [0.2, 0.25) is 0 Å². The molecule has 17 heavy (non-hydrogen) atoms. The lowest BCUT2D eigenvalue weighted by atomic mass is 9.91. The van der Waals surface area contributed by atoms with E-state index in [1.165, 1.54) is 0 Å². The Labute approximate surface area is 103 Å². The second kappa shape index (κ2) is 5.83. The topological polar surface area (TPSA) is 55.6 Å². The fraction of sp³-hybridized carbons (Fsp3) is 0.923. The normalized spacial score (nSPS) is 28.4. The van der Waals surface area contributed by atoms with Gasteiger partial charge in [0.2, 0.25) is 5.91 Å². The molecule has 2 N–H and O–H groups in total. The van der Waals surface area contributed by atoms with Crippen molar-refractivity contribution in [1.82, 2.24) is 4.90 Å². The van der Waals surface area contributed by atoms with Gasteiger partial charge < -0.3 is 15.4 Å². The molecule has 0 spiro atoms. The molecule has 2 saturated heterocycles. The third kappa shape index (κ3) is 2.99. The monoisotopic (exact) mass is 240 g/mol. The van der Waals surface area contributed by atoms with E-state index < -0.39 is 0 Å². The number of hydrogen-bond donors (Lipinski definition) is 1. The number of amides is 1. The number of nitrogens with zero attached hydrogens (tertiary/aromatic N) is 1. The van der Waals surface area contributed by atoms with Crippen LogP contribution in [-0.2, 0) is 9.53 Å². The molecule has 4 nitrogen and oxygen atoms in total. The van der Waals surface area contributed by atoms with Crippen LogP contribution in [0.1, 0.15) is 32.6 Å². The highest BCUT2D eigenvalue weighted by atomic mass is 16.5. The summed E-state index contributed by atoms with van der Waals surface area (Å²) in [6.07, 6.45) is 4.16. The van der Waals surface area contributed by atoms with Gasteiger partial charge in [-0.2, -0.15) is 0 Å². The molecule has 2 heterocycles. The fourth-order valence-corrected chi connectivity index (χ4v) is 2.85. The van der Waals surface area contributed by atoms with Gasteiger partial charge >= 0.3 is 0 Å². The van der Waals surface area contributed by atoms with Crippen LogP contribution in [0, 0.1) is 11.8 Å². The van der Waals surface area contributed by atoms with E-state index in [0.29, 0.717) is 11.8 Å². The van der Waals surface area contributed by atoms with Crippen molar-refractivity contribution >= 4 is 5.91 Å². The zero-order valence-electron chi connectivity index (χ0n) is 10.7. The minimum atomic E-state index is -0.311. The van der Waals surface area contributed by atoms with Gasteiger partial charge in [-0.15, -0.1) is 0 Å². The minimum absolute atomic E-state index is 0.160. The van der Waals surface area contributed by atoms with Gasteiger partial charge in [0.15, 0.2) is 0 Å². The summed E-state index contributed by atoms with van der Waals surface area (Å²) in [4.78, 5) is 14.2. The molecule has 0 aromatic carbocycles. The van der Waals surface area contributed by atoms with Crippen molar-refractivity contribution in [2.24, 2.45) is 17.6 Å². The molecule has 0 aromatic heterocycles. The van der Waals surface area contributed by atoms with Gasteiger partial charge in [0.05, 0.1) is 6.04 Å². The first-order valence-electron chi connectivity index (χ1n) is 6.84. The Kier molecular flexibility index (Phi) is 4.40. The fourth-order valence-electron chi connectivity index (χ4n) is 2.85. The van der Waals surface area contributed by atoms with Crippen molar-refractivity contribution in [3.8, 4) is 0 Å². The maximum absolute atomic E-state index is 12.3. The molecule has 1 amide bonds. The number of carbonyl (C=O) groups excluding carboxylic acids is 1. The number of hydrogen-bond acceptors (Lipinski definition) is 3. The van der Waals surface area contributed by atoms with Crippen LogP contribution < -0.4 is 5.73 Å². The summed E-state index contributed by atoms with van der Waals surface area (Å²) in [5, 5.41) is 0. The molecule has 0 bridgehead atoms. The molecule has 2 atom stereocenters. The lowest BCUT2D eigenvalue weighted by Crippen LogP contribution is -2.48. The van der Waals surface area contributed by atoms with Gasteiger partial charge in [0, 0.05) is 26.3 Å². The largest absolute Gasteiger partial charge is 0.381 e. The van der Waals surface area contributed by atoms with Crippen molar-refractivity contribution in [3.63, 3.8) is 0 Å². The molecule has 0 aromatic rings. The Morgan fingerprint density at radius 3 is 2.71 bits per heavy atom. The SMILES string of the molecule is CCC1CCN(C(=O)C(N)C2CCOCC2)C1. The smallest absolute Gasteiger partial charge is 0.239 e. The summed E-state index contributed by atoms with van der Waals surface area (Å²) in [6, 6.07) is -0.311. The maximum atomic E-state index is 12.3. The maximum Gasteiger partial charge on any atom is 0.239 e. The third-order valence-corrected chi connectivity index (χ3v) is 4.23. The lowest BCUT2D eigenvalue weighted by Gasteiger charge is -2.29. The Bertz CT molecular complexity index is 264. The molecule has 2 aliphatic heterocycles. The summed E-state index contributed by atoms with van der Waals surface area (Å²) in [7, 11) is 0. The van der Waals surface area contributed by atoms with Crippen LogP contribution in [0.15, 0.2) is 0 Å². The number of nitrogens with two attached hydrogens (primary N) is 1. The van der Waals surface area contributed by atoms with E-state index in [4.69, 9.17) is 10.5 Å². The van der Waals surface area contributed by atoms with Crippen molar-refractivity contribution in [3.05, 3.63) is 0 Å². The first-order valence-corrected chi connectivity index (χ1v) is 6.84. The van der Waals surface area contributed by atoms with Gasteiger partial charge in [-0.05, 0) is 31.1 Å². The van der Waals surface area contributed by atoms with E-state index in [1.807, 2.05) is 4.90 Å². The van der Waals surface area contributed by atoms with Crippen LogP contribution in [0.25, 0.3) is 0 Å². The average molecular weight is 240 g/mol. The third-order valence-electron chi connectivity index (χ3n) is 4.23. The molecular weight excluding hydrogens is 216 g/mol. The number of carbonyl (C=O) groups is 1. The van der Waals surface area contributed by atoms with Gasteiger partial charge in [-0.25, -0.2) is 0 Å². The Morgan fingerprint density at radius 2 is 2.12 bits per heavy atom. The van der Waals surface area contributed by atoms with Crippen molar-refractivity contribution < 1.29 is 9.53 Å². The second-order valence-corrected chi connectivity index (χ2v) is 5.32. The highest BCUT2D eigenvalue weighted by Crippen LogP contribution is 2.23. The Hall–Kier alpha value is -0.610. The van der Waals surface area contributed by atoms with Gasteiger partial charge in [-0.3, -0.25) is 4.79 Å². The quantitative estimate of drug-likeness (QED) is 0.800. The number of ether oxygens (including phenoxy) is 1. The molecular formula is C13H24N2O2. The predicted molar refractivity (Wildman–Crippen MR) is 66.5 cm³/mol. The van der Waals surface area contributed by atoms with E-state index in [1.54, 1.807) is 0 Å². The standard InChI is InChI=1S/C13H24N2O2/c1-2-10-3-6-15(9-10)13(16)12(14)11-4-7-17-8-5-11/h10-12H,2-9,14H2,1H3. The van der Waals surface area contributed by atoms with Gasteiger partial charge in [-0.1, -0.05) is 13.3 Å². The van der Waals surface area contributed by atoms with E-state index in [-0.39, 0.29) is 11.9 Å². The molecule has 0 aliphatic carbocycles. The molecule has 2 fully saturated rings. The first kappa shape index (κ1) is 12.8. The van der Waals surface area contributed by atoms with Crippen LogP contribution >= 0.6 is 0 Å². The van der Waals surface area contributed by atoms with Crippen molar-refractivity contribution in [2.45, 2.75) is 38.6 Å². The molecule has 2 unspecified atom stereocenters. The average Bonchev–Trinajstić information content (AvgIpc) is 2.87. The molecule has 2 rings (SSSR count). The van der Waals surface area contributed by atoms with E-state index in [2.05, 4.69) is 6.92 Å². The second-order valence-electron chi connectivity index (χ2n) is 5.32.